The molecule has 160 valence electrons. The van der Waals surface area contributed by atoms with Gasteiger partial charge in [-0.2, -0.15) is 0 Å². The van der Waals surface area contributed by atoms with Gasteiger partial charge in [-0.15, -0.1) is 0 Å². The van der Waals surface area contributed by atoms with Gasteiger partial charge >= 0.3 is 0 Å². The minimum Gasteiger partial charge on any atom is -0.350 e. The number of nitro benzene ring substituents is 1. The predicted molar refractivity (Wildman–Crippen MR) is 116 cm³/mol. The highest BCUT2D eigenvalue weighted by atomic mass is 32.2. The highest BCUT2D eigenvalue weighted by Crippen LogP contribution is 2.33. The number of rotatable bonds is 6. The Morgan fingerprint density at radius 1 is 0.750 bits per heavy atom. The molecule has 0 aliphatic heterocycles. The minimum atomic E-state index is -4.27. The molecule has 2 N–H and O–H groups in total. The van der Waals surface area contributed by atoms with Crippen molar-refractivity contribution < 1.29 is 22.9 Å². The fraction of sp³-hybridized carbons (Fsp3) is 0. The molecule has 3 aromatic carbocycles. The monoisotopic (exact) mass is 449 g/mol. The number of carbonyl (C=O) groups is 2. The second kappa shape index (κ2) is 8.08. The van der Waals surface area contributed by atoms with Crippen molar-refractivity contribution in [2.24, 2.45) is 0 Å². The van der Waals surface area contributed by atoms with E-state index in [1.54, 1.807) is 36.4 Å². The topological polar surface area (TPSA) is 135 Å². The summed E-state index contributed by atoms with van der Waals surface area (Å²) in [6.45, 7) is 0. The molecule has 9 nitrogen and oxygen atoms in total. The van der Waals surface area contributed by atoms with Crippen LogP contribution in [0.4, 0.5) is 11.4 Å². The zero-order valence-corrected chi connectivity index (χ0v) is 17.1. The minimum absolute atomic E-state index is 0.139. The lowest BCUT2D eigenvalue weighted by Gasteiger charge is -2.22. The fourth-order valence-corrected chi connectivity index (χ4v) is 4.38. The van der Waals surface area contributed by atoms with Crippen LogP contribution in [0.3, 0.4) is 0 Å². The van der Waals surface area contributed by atoms with Crippen LogP contribution in [0.2, 0.25) is 0 Å². The summed E-state index contributed by atoms with van der Waals surface area (Å²) in [6.07, 6.45) is 0. The van der Waals surface area contributed by atoms with Crippen molar-refractivity contribution in [3.63, 3.8) is 0 Å². The summed E-state index contributed by atoms with van der Waals surface area (Å²) in [7, 11) is -4.27. The molecule has 0 spiro atoms. The van der Waals surface area contributed by atoms with Gasteiger partial charge in [0.25, 0.3) is 15.7 Å². The van der Waals surface area contributed by atoms with E-state index in [1.165, 1.54) is 36.4 Å². The van der Waals surface area contributed by atoms with E-state index < -0.39 is 43.5 Å². The highest BCUT2D eigenvalue weighted by Gasteiger charge is 2.39. The molecular weight excluding hydrogens is 434 g/mol. The molecule has 0 bridgehead atoms. The molecule has 0 radical (unpaired) electrons. The van der Waals surface area contributed by atoms with Gasteiger partial charge in [0, 0.05) is 17.3 Å². The number of carbonyl (C=O) groups excluding carboxylic acids is 2. The van der Waals surface area contributed by atoms with Crippen LogP contribution in [0.25, 0.3) is 0 Å². The molecule has 0 heterocycles. The van der Waals surface area contributed by atoms with Crippen molar-refractivity contribution in [2.75, 3.05) is 5.32 Å². The molecule has 0 fully saturated rings. The number of nitrogens with one attached hydrogen (secondary N) is 2. The number of para-hydroxylation sites is 1. The van der Waals surface area contributed by atoms with Crippen molar-refractivity contribution in [3.8, 4) is 0 Å². The number of fused-ring (bicyclic) bond motifs is 1. The van der Waals surface area contributed by atoms with Crippen LogP contribution in [0.5, 0.6) is 0 Å². The zero-order chi connectivity index (χ0) is 22.9. The molecule has 0 amide bonds. The van der Waals surface area contributed by atoms with Gasteiger partial charge in [-0.1, -0.05) is 42.5 Å². The SMILES string of the molecule is O=C1C(Nc2ccccc2)=C(NS(=O)(=O)c2ccccc2)C(=O)c2c1cccc2[N+](=O)[O-]. The number of ketones is 2. The average molecular weight is 449 g/mol. The number of anilines is 1. The van der Waals surface area contributed by atoms with Crippen molar-refractivity contribution in [1.82, 2.24) is 4.72 Å². The average Bonchev–Trinajstić information content (AvgIpc) is 2.80. The van der Waals surface area contributed by atoms with Gasteiger partial charge in [0.2, 0.25) is 11.6 Å². The fourth-order valence-electron chi connectivity index (χ4n) is 3.28. The Kier molecular flexibility index (Phi) is 5.29. The number of nitrogens with zero attached hydrogens (tertiary/aromatic N) is 1. The normalized spacial score (nSPS) is 13.5. The van der Waals surface area contributed by atoms with Gasteiger partial charge in [0.1, 0.15) is 17.0 Å². The predicted octanol–water partition coefficient (Wildman–Crippen LogP) is 3.28. The number of benzene rings is 3. The molecule has 3 aromatic rings. The van der Waals surface area contributed by atoms with E-state index in [9.17, 15) is 28.1 Å². The lowest BCUT2D eigenvalue weighted by molar-refractivity contribution is -0.385. The number of allylic oxidation sites excluding steroid dienone is 2. The molecule has 0 unspecified atom stereocenters. The number of hydrogen-bond donors (Lipinski definition) is 2. The third-order valence-electron chi connectivity index (χ3n) is 4.75. The quantitative estimate of drug-likeness (QED) is 0.435. The summed E-state index contributed by atoms with van der Waals surface area (Å²) in [5.74, 6) is -1.73. The van der Waals surface area contributed by atoms with E-state index in [2.05, 4.69) is 10.0 Å². The van der Waals surface area contributed by atoms with Gasteiger partial charge in [0.15, 0.2) is 0 Å². The molecule has 0 saturated carbocycles. The number of hydrogen-bond acceptors (Lipinski definition) is 7. The van der Waals surface area contributed by atoms with E-state index in [0.717, 1.165) is 6.07 Å². The molecule has 0 saturated heterocycles. The van der Waals surface area contributed by atoms with E-state index in [-0.39, 0.29) is 16.2 Å². The second-order valence-electron chi connectivity index (χ2n) is 6.77. The summed E-state index contributed by atoms with van der Waals surface area (Å²) >= 11 is 0. The van der Waals surface area contributed by atoms with Gasteiger partial charge in [-0.3, -0.25) is 24.4 Å². The molecule has 10 heteroatoms. The van der Waals surface area contributed by atoms with Gasteiger partial charge in [-0.25, -0.2) is 8.42 Å². The Balaban J connectivity index is 1.90. The van der Waals surface area contributed by atoms with Crippen LogP contribution in [-0.2, 0) is 10.0 Å². The number of sulfonamides is 1. The third kappa shape index (κ3) is 3.74. The highest BCUT2D eigenvalue weighted by molar-refractivity contribution is 7.89. The van der Waals surface area contributed by atoms with Crippen molar-refractivity contribution in [3.05, 3.63) is 111 Å². The Morgan fingerprint density at radius 2 is 1.38 bits per heavy atom. The molecule has 32 heavy (non-hydrogen) atoms. The zero-order valence-electron chi connectivity index (χ0n) is 16.3. The lowest BCUT2D eigenvalue weighted by atomic mass is 9.89. The maximum Gasteiger partial charge on any atom is 0.281 e. The Labute approximate surface area is 182 Å². The molecule has 1 aliphatic rings. The first-order chi connectivity index (χ1) is 15.3. The van der Waals surface area contributed by atoms with E-state index in [1.807, 2.05) is 0 Å². The van der Waals surface area contributed by atoms with Crippen LogP contribution in [-0.4, -0.2) is 24.9 Å². The largest absolute Gasteiger partial charge is 0.350 e. The van der Waals surface area contributed by atoms with Crippen molar-refractivity contribution in [1.29, 1.82) is 0 Å². The number of Topliss-reactive ketones (excluding diaryl/α,β-unsaturated/α-hetero) is 2. The summed E-state index contributed by atoms with van der Waals surface area (Å²) in [5.41, 5.74) is -1.74. The van der Waals surface area contributed by atoms with E-state index in [4.69, 9.17) is 0 Å². The Hall–Kier alpha value is -4.31. The summed E-state index contributed by atoms with van der Waals surface area (Å²) in [5, 5.41) is 14.3. The molecule has 0 aromatic heterocycles. The van der Waals surface area contributed by atoms with Crippen LogP contribution in [0.1, 0.15) is 20.7 Å². The first-order valence-corrected chi connectivity index (χ1v) is 10.8. The first-order valence-electron chi connectivity index (χ1n) is 9.30. The standard InChI is InChI=1S/C22H15N3O6S/c26-21-16-12-7-13-17(25(28)29)18(16)22(27)20(19(21)23-14-8-3-1-4-9-14)24-32(30,31)15-10-5-2-6-11-15/h1-13,23-24H. The summed E-state index contributed by atoms with van der Waals surface area (Å²) in [4.78, 5) is 37.1. The van der Waals surface area contributed by atoms with Crippen molar-refractivity contribution in [2.45, 2.75) is 4.90 Å². The van der Waals surface area contributed by atoms with Gasteiger partial charge in [-0.05, 0) is 30.3 Å². The lowest BCUT2D eigenvalue weighted by Crippen LogP contribution is -2.36. The maximum absolute atomic E-state index is 13.3. The second-order valence-corrected chi connectivity index (χ2v) is 8.46. The van der Waals surface area contributed by atoms with Gasteiger partial charge in [0.05, 0.1) is 9.82 Å². The van der Waals surface area contributed by atoms with Crippen LogP contribution in [0.15, 0.2) is 95.2 Å². The van der Waals surface area contributed by atoms with E-state index >= 15 is 0 Å². The van der Waals surface area contributed by atoms with E-state index in [0.29, 0.717) is 5.69 Å². The van der Waals surface area contributed by atoms with Gasteiger partial charge < -0.3 is 5.32 Å². The number of nitro groups is 1. The van der Waals surface area contributed by atoms with Crippen LogP contribution in [0, 0.1) is 10.1 Å². The van der Waals surface area contributed by atoms with Crippen LogP contribution >= 0.6 is 0 Å². The Bertz CT molecular complexity index is 1380. The third-order valence-corrected chi connectivity index (χ3v) is 6.11. The maximum atomic E-state index is 13.3. The molecular formula is C22H15N3O6S. The smallest absolute Gasteiger partial charge is 0.281 e. The molecule has 4 rings (SSSR count). The summed E-state index contributed by atoms with van der Waals surface area (Å²) in [6, 6.07) is 19.3. The molecule has 0 atom stereocenters. The van der Waals surface area contributed by atoms with Crippen LogP contribution < -0.4 is 10.0 Å². The van der Waals surface area contributed by atoms with Crippen molar-refractivity contribution >= 4 is 33.0 Å². The Morgan fingerprint density at radius 3 is 2.00 bits per heavy atom. The first kappa shape index (κ1) is 20.9. The molecule has 1 aliphatic carbocycles. The summed E-state index contributed by atoms with van der Waals surface area (Å²) < 4.78 is 28.0.